The van der Waals surface area contributed by atoms with Gasteiger partial charge in [-0.1, -0.05) is 6.08 Å². The molecule has 2 fully saturated rings. The van der Waals surface area contributed by atoms with Crippen molar-refractivity contribution in [1.82, 2.24) is 0 Å². The van der Waals surface area contributed by atoms with Crippen LogP contribution < -0.4 is 0 Å². The van der Waals surface area contributed by atoms with E-state index < -0.39 is 0 Å². The van der Waals surface area contributed by atoms with Crippen molar-refractivity contribution in [3.05, 3.63) is 12.7 Å². The van der Waals surface area contributed by atoms with Crippen molar-refractivity contribution in [2.75, 3.05) is 33.0 Å². The summed E-state index contributed by atoms with van der Waals surface area (Å²) in [5, 5.41) is 0. The Morgan fingerprint density at radius 2 is 1.93 bits per heavy atom. The summed E-state index contributed by atoms with van der Waals surface area (Å²) in [6, 6.07) is 0. The van der Waals surface area contributed by atoms with Crippen LogP contribution in [-0.2, 0) is 18.9 Å². The number of hydrogen-bond donors (Lipinski definition) is 0. The smallest absolute Gasteiger partial charge is 0.104 e. The molecule has 4 heteroatoms. The summed E-state index contributed by atoms with van der Waals surface area (Å²) in [5.41, 5.74) is 0. The number of ether oxygens (including phenoxy) is 4. The predicted octanol–water partition coefficient (Wildman–Crippen LogP) is 0.372. The highest BCUT2D eigenvalue weighted by Crippen LogP contribution is 2.11. The first-order valence-electron chi connectivity index (χ1n) is 4.93. The first-order valence-corrected chi connectivity index (χ1v) is 4.93. The lowest BCUT2D eigenvalue weighted by Gasteiger charge is -2.12. The van der Waals surface area contributed by atoms with Gasteiger partial charge in [0.1, 0.15) is 12.2 Å². The second-order valence-corrected chi connectivity index (χ2v) is 3.56. The largest absolute Gasteiger partial charge is 0.376 e. The van der Waals surface area contributed by atoms with Crippen molar-refractivity contribution in [3.63, 3.8) is 0 Å². The van der Waals surface area contributed by atoms with Gasteiger partial charge in [-0.05, 0) is 0 Å². The molecule has 0 radical (unpaired) electrons. The maximum atomic E-state index is 5.51. The minimum atomic E-state index is -0.0297. The molecule has 14 heavy (non-hydrogen) atoms. The zero-order valence-electron chi connectivity index (χ0n) is 8.19. The van der Waals surface area contributed by atoms with Gasteiger partial charge in [0.05, 0.1) is 39.1 Å². The molecule has 3 atom stereocenters. The van der Waals surface area contributed by atoms with Crippen LogP contribution in [0.3, 0.4) is 0 Å². The highest BCUT2D eigenvalue weighted by Gasteiger charge is 2.25. The Morgan fingerprint density at radius 1 is 1.29 bits per heavy atom. The van der Waals surface area contributed by atoms with E-state index in [2.05, 4.69) is 6.58 Å². The summed E-state index contributed by atoms with van der Waals surface area (Å²) in [5.74, 6) is 0. The topological polar surface area (TPSA) is 43.5 Å². The van der Waals surface area contributed by atoms with Crippen LogP contribution in [0.2, 0.25) is 0 Å². The van der Waals surface area contributed by atoms with Crippen molar-refractivity contribution in [1.29, 1.82) is 0 Å². The normalized spacial score (nSPS) is 31.1. The minimum absolute atomic E-state index is 0.0297. The fraction of sp³-hybridized carbons (Fsp3) is 0.800. The fourth-order valence-corrected chi connectivity index (χ4v) is 1.06. The van der Waals surface area contributed by atoms with Gasteiger partial charge in [0, 0.05) is 0 Å². The quantitative estimate of drug-likeness (QED) is 0.419. The molecule has 0 aromatic carbocycles. The van der Waals surface area contributed by atoms with Gasteiger partial charge >= 0.3 is 0 Å². The van der Waals surface area contributed by atoms with Crippen LogP contribution in [0.4, 0.5) is 0 Å². The number of epoxide rings is 2. The van der Waals surface area contributed by atoms with Gasteiger partial charge in [0.15, 0.2) is 0 Å². The monoisotopic (exact) mass is 200 g/mol. The Morgan fingerprint density at radius 3 is 2.50 bits per heavy atom. The summed E-state index contributed by atoms with van der Waals surface area (Å²) < 4.78 is 21.0. The maximum Gasteiger partial charge on any atom is 0.104 e. The summed E-state index contributed by atoms with van der Waals surface area (Å²) in [4.78, 5) is 0. The molecule has 0 aromatic heterocycles. The zero-order chi connectivity index (χ0) is 9.80. The highest BCUT2D eigenvalue weighted by atomic mass is 16.6. The van der Waals surface area contributed by atoms with Crippen molar-refractivity contribution in [3.8, 4) is 0 Å². The molecular weight excluding hydrogens is 184 g/mol. The molecule has 4 nitrogen and oxygen atoms in total. The Hall–Kier alpha value is -0.420. The van der Waals surface area contributed by atoms with E-state index in [0.29, 0.717) is 32.0 Å². The predicted molar refractivity (Wildman–Crippen MR) is 50.2 cm³/mol. The third kappa shape index (κ3) is 3.75. The van der Waals surface area contributed by atoms with E-state index in [1.807, 2.05) is 0 Å². The van der Waals surface area contributed by atoms with Crippen LogP contribution in [0.5, 0.6) is 0 Å². The lowest BCUT2D eigenvalue weighted by Crippen LogP contribution is -2.21. The van der Waals surface area contributed by atoms with Gasteiger partial charge in [-0.25, -0.2) is 0 Å². The van der Waals surface area contributed by atoms with E-state index in [1.165, 1.54) is 0 Å². The first kappa shape index (κ1) is 10.1. The van der Waals surface area contributed by atoms with Gasteiger partial charge in [-0.2, -0.15) is 0 Å². The molecule has 0 amide bonds. The number of hydrogen-bond acceptors (Lipinski definition) is 4. The molecule has 0 aromatic rings. The molecule has 0 spiro atoms. The Bertz CT molecular complexity index is 187. The molecule has 2 heterocycles. The van der Waals surface area contributed by atoms with Crippen molar-refractivity contribution < 1.29 is 18.9 Å². The average molecular weight is 200 g/mol. The molecule has 0 bridgehead atoms. The van der Waals surface area contributed by atoms with E-state index in [9.17, 15) is 0 Å². The molecule has 2 aliphatic rings. The minimum Gasteiger partial charge on any atom is -0.376 e. The molecule has 2 rings (SSSR count). The summed E-state index contributed by atoms with van der Waals surface area (Å²) >= 11 is 0. The van der Waals surface area contributed by atoms with Crippen LogP contribution in [0.15, 0.2) is 12.7 Å². The summed E-state index contributed by atoms with van der Waals surface area (Å²) in [6.07, 6.45) is 2.34. The molecule has 80 valence electrons. The van der Waals surface area contributed by atoms with Crippen LogP contribution >= 0.6 is 0 Å². The van der Waals surface area contributed by atoms with Gasteiger partial charge in [-0.15, -0.1) is 6.58 Å². The second kappa shape index (κ2) is 4.89. The molecule has 0 aliphatic carbocycles. The van der Waals surface area contributed by atoms with E-state index in [-0.39, 0.29) is 6.10 Å². The molecule has 3 unspecified atom stereocenters. The van der Waals surface area contributed by atoms with Gasteiger partial charge < -0.3 is 18.9 Å². The van der Waals surface area contributed by atoms with E-state index in [1.54, 1.807) is 6.08 Å². The highest BCUT2D eigenvalue weighted by molar-refractivity contribution is 4.81. The van der Waals surface area contributed by atoms with Crippen LogP contribution in [0.1, 0.15) is 0 Å². The van der Waals surface area contributed by atoms with Crippen molar-refractivity contribution in [2.24, 2.45) is 0 Å². The first-order chi connectivity index (χ1) is 6.88. The van der Waals surface area contributed by atoms with Gasteiger partial charge in [0.2, 0.25) is 0 Å². The fourth-order valence-electron chi connectivity index (χ4n) is 1.06. The van der Waals surface area contributed by atoms with Crippen LogP contribution in [-0.4, -0.2) is 51.3 Å². The third-order valence-electron chi connectivity index (χ3n) is 2.15. The molecule has 2 aliphatic heterocycles. The Balaban J connectivity index is 1.51. The van der Waals surface area contributed by atoms with Crippen molar-refractivity contribution >= 4 is 0 Å². The lowest BCUT2D eigenvalue weighted by atomic mass is 10.3. The van der Waals surface area contributed by atoms with Crippen molar-refractivity contribution in [2.45, 2.75) is 18.3 Å². The Kier molecular flexibility index (Phi) is 3.53. The molecule has 0 N–H and O–H groups in total. The van der Waals surface area contributed by atoms with E-state index in [4.69, 9.17) is 18.9 Å². The summed E-state index contributed by atoms with van der Waals surface area (Å²) in [6.45, 7) is 7.20. The van der Waals surface area contributed by atoms with Gasteiger partial charge in [0.25, 0.3) is 0 Å². The molecule has 0 saturated carbocycles. The van der Waals surface area contributed by atoms with E-state index >= 15 is 0 Å². The SMILES string of the molecule is C=CC(COCC1CO1)OCC1CO1. The maximum absolute atomic E-state index is 5.51. The molecule has 2 saturated heterocycles. The summed E-state index contributed by atoms with van der Waals surface area (Å²) in [7, 11) is 0. The number of rotatable bonds is 8. The van der Waals surface area contributed by atoms with E-state index in [0.717, 1.165) is 13.2 Å². The average Bonchev–Trinajstić information content (AvgIpc) is 3.01. The standard InChI is InChI=1S/C10H16O4/c1-2-8(12-6-10-7-14-10)3-11-4-9-5-13-9/h2,8-10H,1,3-7H2. The second-order valence-electron chi connectivity index (χ2n) is 3.56. The Labute approximate surface area is 83.8 Å². The van der Waals surface area contributed by atoms with Crippen LogP contribution in [0, 0.1) is 0 Å². The van der Waals surface area contributed by atoms with Gasteiger partial charge in [-0.3, -0.25) is 0 Å². The molecular formula is C10H16O4. The third-order valence-corrected chi connectivity index (χ3v) is 2.15. The zero-order valence-corrected chi connectivity index (χ0v) is 8.19. The lowest BCUT2D eigenvalue weighted by molar-refractivity contribution is -0.000495. The van der Waals surface area contributed by atoms with Crippen LogP contribution in [0.25, 0.3) is 0 Å².